The molecule has 1 aromatic carbocycles. The van der Waals surface area contributed by atoms with Crippen LogP contribution < -0.4 is 5.73 Å². The highest BCUT2D eigenvalue weighted by atomic mass is 19.1. The number of rotatable bonds is 2. The van der Waals surface area contributed by atoms with E-state index in [0.717, 1.165) is 24.0 Å². The molecule has 0 radical (unpaired) electrons. The van der Waals surface area contributed by atoms with Crippen molar-refractivity contribution in [2.75, 3.05) is 0 Å². The minimum Gasteiger partial charge on any atom is -0.456 e. The summed E-state index contributed by atoms with van der Waals surface area (Å²) in [5.74, 6) is 0.884. The molecule has 1 aliphatic rings. The van der Waals surface area contributed by atoms with Crippen molar-refractivity contribution in [2.45, 2.75) is 44.6 Å². The number of nitrogens with two attached hydrogens (primary N) is 1. The van der Waals surface area contributed by atoms with E-state index in [1.165, 1.54) is 31.7 Å². The standard InChI is InChI=1S/C16H20FNO/c17-13-9-5-8-12-10-14(19-16(12)13)15(18)11-6-3-1-2-4-7-11/h5,8-11,15H,1-4,6-7,18H2. The molecule has 3 heteroatoms. The van der Waals surface area contributed by atoms with Crippen molar-refractivity contribution >= 4 is 11.0 Å². The molecule has 0 bridgehead atoms. The molecule has 2 N–H and O–H groups in total. The van der Waals surface area contributed by atoms with Gasteiger partial charge in [-0.05, 0) is 30.9 Å². The molecule has 3 rings (SSSR count). The maximum atomic E-state index is 13.6. The third-order valence-electron chi connectivity index (χ3n) is 4.25. The van der Waals surface area contributed by atoms with Crippen LogP contribution in [0.5, 0.6) is 0 Å². The lowest BCUT2D eigenvalue weighted by Gasteiger charge is -2.20. The summed E-state index contributed by atoms with van der Waals surface area (Å²) in [6.45, 7) is 0. The number of hydrogen-bond donors (Lipinski definition) is 1. The molecule has 2 nitrogen and oxygen atoms in total. The summed E-state index contributed by atoms with van der Waals surface area (Å²) < 4.78 is 19.3. The van der Waals surface area contributed by atoms with Crippen LogP contribution in [0.15, 0.2) is 28.7 Å². The van der Waals surface area contributed by atoms with Crippen LogP contribution in [-0.4, -0.2) is 0 Å². The van der Waals surface area contributed by atoms with Gasteiger partial charge < -0.3 is 10.2 Å². The van der Waals surface area contributed by atoms with E-state index in [4.69, 9.17) is 10.2 Å². The van der Waals surface area contributed by atoms with Gasteiger partial charge in [0.05, 0.1) is 6.04 Å². The van der Waals surface area contributed by atoms with E-state index in [2.05, 4.69) is 0 Å². The third kappa shape index (κ3) is 2.52. The monoisotopic (exact) mass is 261 g/mol. The Morgan fingerprint density at radius 3 is 2.58 bits per heavy atom. The Morgan fingerprint density at radius 2 is 1.89 bits per heavy atom. The van der Waals surface area contributed by atoms with Crippen molar-refractivity contribution < 1.29 is 8.81 Å². The Kier molecular flexibility index (Phi) is 3.56. The largest absolute Gasteiger partial charge is 0.456 e. The van der Waals surface area contributed by atoms with E-state index in [-0.39, 0.29) is 11.9 Å². The molecule has 0 aliphatic heterocycles. The normalized spacial score (nSPS) is 19.5. The van der Waals surface area contributed by atoms with E-state index in [0.29, 0.717) is 11.5 Å². The first-order valence-corrected chi connectivity index (χ1v) is 7.19. The van der Waals surface area contributed by atoms with Crippen LogP contribution in [0.25, 0.3) is 11.0 Å². The van der Waals surface area contributed by atoms with Crippen molar-refractivity contribution in [3.05, 3.63) is 35.8 Å². The first-order chi connectivity index (χ1) is 9.25. The first kappa shape index (κ1) is 12.7. The fraction of sp³-hybridized carbons (Fsp3) is 0.500. The zero-order valence-electron chi connectivity index (χ0n) is 11.1. The molecule has 1 aliphatic carbocycles. The third-order valence-corrected chi connectivity index (χ3v) is 4.25. The molecule has 19 heavy (non-hydrogen) atoms. The Bertz CT molecular complexity index is 555. The van der Waals surface area contributed by atoms with Gasteiger partial charge in [0.25, 0.3) is 0 Å². The van der Waals surface area contributed by atoms with E-state index in [1.807, 2.05) is 12.1 Å². The molecule has 1 heterocycles. The highest BCUT2D eigenvalue weighted by Crippen LogP contribution is 2.34. The Balaban J connectivity index is 1.88. The summed E-state index contributed by atoms with van der Waals surface area (Å²) in [6, 6.07) is 6.78. The van der Waals surface area contributed by atoms with Crippen LogP contribution in [0.1, 0.15) is 50.3 Å². The maximum Gasteiger partial charge on any atom is 0.169 e. The Hall–Kier alpha value is -1.35. The van der Waals surface area contributed by atoms with E-state index < -0.39 is 0 Å². The van der Waals surface area contributed by atoms with Gasteiger partial charge in [-0.1, -0.05) is 37.8 Å². The van der Waals surface area contributed by atoms with Gasteiger partial charge in [-0.2, -0.15) is 0 Å². The number of hydrogen-bond acceptors (Lipinski definition) is 2. The highest BCUT2D eigenvalue weighted by Gasteiger charge is 2.24. The molecular weight excluding hydrogens is 241 g/mol. The zero-order valence-corrected chi connectivity index (χ0v) is 11.1. The second-order valence-corrected chi connectivity index (χ2v) is 5.58. The molecule has 1 atom stereocenters. The smallest absolute Gasteiger partial charge is 0.169 e. The zero-order chi connectivity index (χ0) is 13.2. The quantitative estimate of drug-likeness (QED) is 0.806. The second-order valence-electron chi connectivity index (χ2n) is 5.58. The molecular formula is C16H20FNO. The molecule has 1 aromatic heterocycles. The molecule has 2 aromatic rings. The fourth-order valence-electron chi connectivity index (χ4n) is 3.11. The SMILES string of the molecule is NC(c1cc2cccc(F)c2o1)C1CCCCCC1. The Morgan fingerprint density at radius 1 is 1.16 bits per heavy atom. The fourth-order valence-corrected chi connectivity index (χ4v) is 3.11. The molecule has 102 valence electrons. The average Bonchev–Trinajstić information content (AvgIpc) is 2.67. The van der Waals surface area contributed by atoms with Gasteiger partial charge in [-0.25, -0.2) is 4.39 Å². The maximum absolute atomic E-state index is 13.6. The van der Waals surface area contributed by atoms with Gasteiger partial charge in [0.2, 0.25) is 0 Å². The Labute approximate surface area is 112 Å². The second kappa shape index (κ2) is 5.33. The van der Waals surface area contributed by atoms with Crippen LogP contribution in [0, 0.1) is 11.7 Å². The average molecular weight is 261 g/mol. The van der Waals surface area contributed by atoms with Gasteiger partial charge >= 0.3 is 0 Å². The number of halogens is 1. The minimum absolute atomic E-state index is 0.107. The summed E-state index contributed by atoms with van der Waals surface area (Å²) >= 11 is 0. The molecule has 0 saturated heterocycles. The molecule has 1 unspecified atom stereocenters. The number of fused-ring (bicyclic) bond motifs is 1. The molecule has 0 amide bonds. The van der Waals surface area contributed by atoms with Crippen LogP contribution >= 0.6 is 0 Å². The topological polar surface area (TPSA) is 39.2 Å². The summed E-state index contributed by atoms with van der Waals surface area (Å²) in [5, 5.41) is 0.805. The summed E-state index contributed by atoms with van der Waals surface area (Å²) in [7, 11) is 0. The molecule has 1 fully saturated rings. The highest BCUT2D eigenvalue weighted by molar-refractivity contribution is 5.78. The lowest BCUT2D eigenvalue weighted by atomic mass is 9.91. The lowest BCUT2D eigenvalue weighted by Crippen LogP contribution is -2.20. The summed E-state index contributed by atoms with van der Waals surface area (Å²) in [4.78, 5) is 0. The van der Waals surface area contributed by atoms with Crippen molar-refractivity contribution in [3.63, 3.8) is 0 Å². The van der Waals surface area contributed by atoms with E-state index in [9.17, 15) is 4.39 Å². The van der Waals surface area contributed by atoms with Crippen LogP contribution in [0.4, 0.5) is 4.39 Å². The lowest BCUT2D eigenvalue weighted by molar-refractivity contribution is 0.338. The van der Waals surface area contributed by atoms with Gasteiger partial charge in [0.15, 0.2) is 11.4 Å². The first-order valence-electron chi connectivity index (χ1n) is 7.19. The number of benzene rings is 1. The van der Waals surface area contributed by atoms with Gasteiger partial charge in [-0.3, -0.25) is 0 Å². The van der Waals surface area contributed by atoms with Crippen molar-refractivity contribution in [1.82, 2.24) is 0 Å². The molecule has 1 saturated carbocycles. The summed E-state index contributed by atoms with van der Waals surface area (Å²) in [6.07, 6.45) is 7.40. The van der Waals surface area contributed by atoms with Gasteiger partial charge in [0, 0.05) is 5.39 Å². The minimum atomic E-state index is -0.309. The van der Waals surface area contributed by atoms with Crippen LogP contribution in [-0.2, 0) is 0 Å². The van der Waals surface area contributed by atoms with Gasteiger partial charge in [-0.15, -0.1) is 0 Å². The predicted molar refractivity (Wildman–Crippen MR) is 74.3 cm³/mol. The van der Waals surface area contributed by atoms with Crippen LogP contribution in [0.3, 0.4) is 0 Å². The molecule has 0 spiro atoms. The number of para-hydroxylation sites is 1. The van der Waals surface area contributed by atoms with Crippen molar-refractivity contribution in [1.29, 1.82) is 0 Å². The number of furan rings is 1. The van der Waals surface area contributed by atoms with Crippen molar-refractivity contribution in [3.8, 4) is 0 Å². The van der Waals surface area contributed by atoms with E-state index in [1.54, 1.807) is 6.07 Å². The van der Waals surface area contributed by atoms with Crippen LogP contribution in [0.2, 0.25) is 0 Å². The van der Waals surface area contributed by atoms with Crippen molar-refractivity contribution in [2.24, 2.45) is 11.7 Å². The van der Waals surface area contributed by atoms with E-state index >= 15 is 0 Å². The van der Waals surface area contributed by atoms with Gasteiger partial charge in [0.1, 0.15) is 5.76 Å². The summed E-state index contributed by atoms with van der Waals surface area (Å²) in [5.41, 5.74) is 6.67. The predicted octanol–water partition coefficient (Wildman–Crippen LogP) is 4.54.